The van der Waals surface area contributed by atoms with Gasteiger partial charge in [-0.3, -0.25) is 9.69 Å². The molecule has 0 spiro atoms. The van der Waals surface area contributed by atoms with Crippen LogP contribution in [0.4, 0.5) is 26.3 Å². The van der Waals surface area contributed by atoms with Crippen LogP contribution >= 0.6 is 0 Å². The van der Waals surface area contributed by atoms with Crippen molar-refractivity contribution in [3.63, 3.8) is 0 Å². The molecule has 3 nitrogen and oxygen atoms in total. The van der Waals surface area contributed by atoms with E-state index in [2.05, 4.69) is 0 Å². The smallest absolute Gasteiger partial charge is 0.401 e. The summed E-state index contributed by atoms with van der Waals surface area (Å²) in [5.74, 6) is -1.61. The van der Waals surface area contributed by atoms with Crippen molar-refractivity contribution in [3.8, 4) is 0 Å². The maximum absolute atomic E-state index is 11.9. The lowest BCUT2D eigenvalue weighted by Gasteiger charge is -2.22. The molecule has 0 rings (SSSR count). The molecule has 96 valence electrons. The van der Waals surface area contributed by atoms with E-state index in [1.165, 1.54) is 0 Å². The van der Waals surface area contributed by atoms with Gasteiger partial charge in [-0.1, -0.05) is 0 Å². The molecule has 1 N–H and O–H groups in total. The summed E-state index contributed by atoms with van der Waals surface area (Å²) in [4.78, 5) is 10.3. The molecule has 0 aromatic heterocycles. The van der Waals surface area contributed by atoms with Crippen molar-refractivity contribution in [2.45, 2.75) is 18.8 Å². The van der Waals surface area contributed by atoms with Gasteiger partial charge in [-0.2, -0.15) is 26.3 Å². The third kappa shape index (κ3) is 9.56. The molecule has 0 unspecified atom stereocenters. The second-order valence-electron chi connectivity index (χ2n) is 3.08. The molecule has 9 heteroatoms. The third-order valence-electron chi connectivity index (χ3n) is 1.47. The fourth-order valence-corrected chi connectivity index (χ4v) is 0.944. The number of carboxylic acid groups (broad SMARTS) is 1. The number of halogens is 6. The topological polar surface area (TPSA) is 40.5 Å². The van der Waals surface area contributed by atoms with Gasteiger partial charge < -0.3 is 5.11 Å². The second kappa shape index (κ2) is 5.37. The molecule has 0 radical (unpaired) electrons. The fraction of sp³-hybridized carbons (Fsp3) is 0.857. The summed E-state index contributed by atoms with van der Waals surface area (Å²) in [6.07, 6.45) is -10.8. The lowest BCUT2D eigenvalue weighted by atomic mass is 10.3. The van der Waals surface area contributed by atoms with Gasteiger partial charge in [0, 0.05) is 6.54 Å². The molecule has 0 bridgehead atoms. The standard InChI is InChI=1S/C7H9F6NO2/c8-6(9,10)1-2-14(3-5(15)16)4-7(11,12)13/h1-4H2,(H,15,16). The largest absolute Gasteiger partial charge is 0.480 e. The second-order valence-corrected chi connectivity index (χ2v) is 3.08. The van der Waals surface area contributed by atoms with E-state index >= 15 is 0 Å². The van der Waals surface area contributed by atoms with Crippen LogP contribution < -0.4 is 0 Å². The van der Waals surface area contributed by atoms with Gasteiger partial charge in [0.2, 0.25) is 0 Å². The Morgan fingerprint density at radius 1 is 1.06 bits per heavy atom. The summed E-state index contributed by atoms with van der Waals surface area (Å²) in [6.45, 7) is -3.74. The number of rotatable bonds is 5. The molecular weight excluding hydrogens is 244 g/mol. The summed E-state index contributed by atoms with van der Waals surface area (Å²) in [7, 11) is 0. The van der Waals surface area contributed by atoms with Crippen molar-refractivity contribution in [2.75, 3.05) is 19.6 Å². The average molecular weight is 253 g/mol. The minimum absolute atomic E-state index is 0.190. The molecule has 0 aromatic carbocycles. The van der Waals surface area contributed by atoms with Crippen molar-refractivity contribution in [1.29, 1.82) is 0 Å². The molecule has 0 aliphatic carbocycles. The van der Waals surface area contributed by atoms with Gasteiger partial charge in [-0.05, 0) is 0 Å². The number of hydrogen-bond acceptors (Lipinski definition) is 2. The van der Waals surface area contributed by atoms with E-state index in [-0.39, 0.29) is 4.90 Å². The Kier molecular flexibility index (Phi) is 5.04. The Balaban J connectivity index is 4.27. The van der Waals surface area contributed by atoms with Crippen LogP contribution in [0.25, 0.3) is 0 Å². The number of aliphatic carboxylic acids is 1. The van der Waals surface area contributed by atoms with Gasteiger partial charge in [0.05, 0.1) is 19.5 Å². The summed E-state index contributed by atoms with van der Waals surface area (Å²) >= 11 is 0. The van der Waals surface area contributed by atoms with E-state index in [1.807, 2.05) is 0 Å². The number of carbonyl (C=O) groups is 1. The first-order valence-electron chi connectivity index (χ1n) is 4.07. The van der Waals surface area contributed by atoms with Crippen molar-refractivity contribution in [3.05, 3.63) is 0 Å². The summed E-state index contributed by atoms with van der Waals surface area (Å²) in [5, 5.41) is 8.22. The maximum atomic E-state index is 11.9. The van der Waals surface area contributed by atoms with Gasteiger partial charge in [-0.15, -0.1) is 0 Å². The van der Waals surface area contributed by atoms with E-state index in [4.69, 9.17) is 5.11 Å². The normalized spacial score (nSPS) is 13.2. The lowest BCUT2D eigenvalue weighted by molar-refractivity contribution is -0.165. The van der Waals surface area contributed by atoms with E-state index in [9.17, 15) is 31.1 Å². The van der Waals surface area contributed by atoms with Crippen molar-refractivity contribution >= 4 is 5.97 Å². The van der Waals surface area contributed by atoms with Crippen LogP contribution in [0.2, 0.25) is 0 Å². The summed E-state index contributed by atoms with van der Waals surface area (Å²) in [6, 6.07) is 0. The van der Waals surface area contributed by atoms with Crippen LogP contribution in [0.3, 0.4) is 0 Å². The van der Waals surface area contributed by atoms with Crippen LogP contribution in [0.1, 0.15) is 6.42 Å². The highest BCUT2D eigenvalue weighted by atomic mass is 19.4. The van der Waals surface area contributed by atoms with Crippen LogP contribution in [0.15, 0.2) is 0 Å². The summed E-state index contributed by atoms with van der Waals surface area (Å²) in [5.41, 5.74) is 0. The molecule has 0 saturated heterocycles. The molecule has 0 aliphatic heterocycles. The van der Waals surface area contributed by atoms with Gasteiger partial charge in [0.25, 0.3) is 0 Å². The van der Waals surface area contributed by atoms with E-state index in [1.54, 1.807) is 0 Å². The molecular formula is C7H9F6NO2. The van der Waals surface area contributed by atoms with E-state index < -0.39 is 44.4 Å². The highest BCUT2D eigenvalue weighted by Crippen LogP contribution is 2.22. The Labute approximate surface area is 86.6 Å². The first-order chi connectivity index (χ1) is 6.99. The minimum Gasteiger partial charge on any atom is -0.480 e. The van der Waals surface area contributed by atoms with Crippen LogP contribution in [-0.4, -0.2) is 48.0 Å². The molecule has 0 aliphatic rings. The predicted octanol–water partition coefficient (Wildman–Crippen LogP) is 1.89. The SMILES string of the molecule is O=C(O)CN(CCC(F)(F)F)CC(F)(F)F. The van der Waals surface area contributed by atoms with Gasteiger partial charge in [0.15, 0.2) is 0 Å². The highest BCUT2D eigenvalue weighted by Gasteiger charge is 2.34. The number of alkyl halides is 6. The quantitative estimate of drug-likeness (QED) is 0.760. The van der Waals surface area contributed by atoms with Crippen molar-refractivity contribution in [1.82, 2.24) is 4.90 Å². The Hall–Kier alpha value is -0.990. The molecule has 16 heavy (non-hydrogen) atoms. The van der Waals surface area contributed by atoms with Crippen molar-refractivity contribution in [2.24, 2.45) is 0 Å². The molecule has 0 heterocycles. The number of carboxylic acids is 1. The Morgan fingerprint density at radius 3 is 1.88 bits per heavy atom. The van der Waals surface area contributed by atoms with Crippen LogP contribution in [-0.2, 0) is 4.79 Å². The fourth-order valence-electron chi connectivity index (χ4n) is 0.944. The van der Waals surface area contributed by atoms with Gasteiger partial charge >= 0.3 is 18.3 Å². The summed E-state index contributed by atoms with van der Waals surface area (Å²) < 4.78 is 70.8. The van der Waals surface area contributed by atoms with Crippen LogP contribution in [0.5, 0.6) is 0 Å². The van der Waals surface area contributed by atoms with E-state index in [0.717, 1.165) is 0 Å². The predicted molar refractivity (Wildman–Crippen MR) is 40.8 cm³/mol. The number of hydrogen-bond donors (Lipinski definition) is 1. The highest BCUT2D eigenvalue weighted by molar-refractivity contribution is 5.69. The first-order valence-corrected chi connectivity index (χ1v) is 4.07. The Morgan fingerprint density at radius 2 is 1.56 bits per heavy atom. The van der Waals surface area contributed by atoms with E-state index in [0.29, 0.717) is 0 Å². The van der Waals surface area contributed by atoms with Gasteiger partial charge in [0.1, 0.15) is 0 Å². The van der Waals surface area contributed by atoms with Crippen molar-refractivity contribution < 1.29 is 36.2 Å². The van der Waals surface area contributed by atoms with Gasteiger partial charge in [-0.25, -0.2) is 0 Å². The molecule has 0 aromatic rings. The Bertz CT molecular complexity index is 236. The molecule has 0 saturated carbocycles. The maximum Gasteiger partial charge on any atom is 0.401 e. The molecule has 0 atom stereocenters. The zero-order valence-electron chi connectivity index (χ0n) is 7.90. The van der Waals surface area contributed by atoms with Crippen LogP contribution in [0, 0.1) is 0 Å². The monoisotopic (exact) mass is 253 g/mol. The zero-order chi connectivity index (χ0) is 13.0. The zero-order valence-corrected chi connectivity index (χ0v) is 7.90. The molecule has 0 amide bonds. The molecule has 0 fully saturated rings. The minimum atomic E-state index is -4.72. The third-order valence-corrected chi connectivity index (χ3v) is 1.47. The average Bonchev–Trinajstić information content (AvgIpc) is 1.94. The lowest BCUT2D eigenvalue weighted by Crippen LogP contribution is -2.39. The number of nitrogens with zero attached hydrogens (tertiary/aromatic N) is 1. The first kappa shape index (κ1) is 15.0.